The second-order valence-electron chi connectivity index (χ2n) is 11.7. The molecular formula is C30H35BrFN5O4S. The van der Waals surface area contributed by atoms with Crippen molar-refractivity contribution < 1.29 is 23.5 Å². The Balaban J connectivity index is 1.76. The third-order valence-corrected chi connectivity index (χ3v) is 9.46. The zero-order chi connectivity index (χ0) is 30.3. The van der Waals surface area contributed by atoms with Crippen molar-refractivity contribution in [3.63, 3.8) is 0 Å². The molecule has 0 N–H and O–H groups in total. The summed E-state index contributed by atoms with van der Waals surface area (Å²) in [5.74, 6) is -0.467. The van der Waals surface area contributed by atoms with Crippen LogP contribution in [0.3, 0.4) is 0 Å². The average molecular weight is 661 g/mol. The van der Waals surface area contributed by atoms with Crippen molar-refractivity contribution in [3.05, 3.63) is 33.7 Å². The fourth-order valence-electron chi connectivity index (χ4n) is 6.14. The van der Waals surface area contributed by atoms with Crippen LogP contribution in [0.4, 0.5) is 14.0 Å². The van der Waals surface area contributed by atoms with E-state index >= 15 is 4.39 Å². The number of carbonyl (C=O) groups is 2. The van der Waals surface area contributed by atoms with Gasteiger partial charge in [0.25, 0.3) is 0 Å². The van der Waals surface area contributed by atoms with Gasteiger partial charge < -0.3 is 18.9 Å². The minimum absolute atomic E-state index is 0.139. The van der Waals surface area contributed by atoms with Gasteiger partial charge in [-0.3, -0.25) is 4.90 Å². The number of methoxy groups -OCH3 is 1. The SMILES string of the molecule is COC(=O)N1CCCC1c1cc2c(SC)nc3c(F)c(Br)c(CCC#N)cc3c2n1C1CCN(C(=O)OC(C)(C)C)C1. The van der Waals surface area contributed by atoms with Crippen LogP contribution < -0.4 is 0 Å². The summed E-state index contributed by atoms with van der Waals surface area (Å²) in [5.41, 5.74) is 2.04. The van der Waals surface area contributed by atoms with Crippen molar-refractivity contribution >= 4 is 61.7 Å². The fourth-order valence-corrected chi connectivity index (χ4v) is 7.19. The number of ether oxygens (including phenoxy) is 2. The van der Waals surface area contributed by atoms with Crippen LogP contribution in [0.5, 0.6) is 0 Å². The summed E-state index contributed by atoms with van der Waals surface area (Å²) >= 11 is 4.85. The van der Waals surface area contributed by atoms with Crippen LogP contribution in [0.25, 0.3) is 21.8 Å². The van der Waals surface area contributed by atoms with Crippen molar-refractivity contribution in [2.75, 3.05) is 33.0 Å². The molecule has 9 nitrogen and oxygen atoms in total. The standard InChI is InChI=1S/C30H35BrFN5O4S/c1-30(2,3)41-28(38)35-13-10-18(16-35)37-22(21-9-7-12-36(21)29(39)40-4)15-20-26(37)19-14-17(8-6-11-33)23(31)24(32)25(19)34-27(20)42-5/h14-15,18,21H,6-10,12-13,16H2,1-5H3. The lowest BCUT2D eigenvalue weighted by Crippen LogP contribution is -2.36. The topological polar surface area (TPSA) is 101 Å². The highest BCUT2D eigenvalue weighted by Crippen LogP contribution is 2.44. The molecule has 12 heteroatoms. The van der Waals surface area contributed by atoms with Crippen LogP contribution in [-0.4, -0.2) is 70.1 Å². The monoisotopic (exact) mass is 659 g/mol. The highest BCUT2D eigenvalue weighted by Gasteiger charge is 2.38. The maximum Gasteiger partial charge on any atom is 0.410 e. The first-order valence-corrected chi connectivity index (χ1v) is 16.1. The van der Waals surface area contributed by atoms with Crippen LogP contribution in [0.15, 0.2) is 21.6 Å². The predicted molar refractivity (Wildman–Crippen MR) is 163 cm³/mol. The number of fused-ring (bicyclic) bond motifs is 3. The van der Waals surface area contributed by atoms with E-state index in [1.165, 1.54) is 18.9 Å². The van der Waals surface area contributed by atoms with Gasteiger partial charge in [0.2, 0.25) is 0 Å². The van der Waals surface area contributed by atoms with E-state index in [1.54, 1.807) is 9.80 Å². The summed E-state index contributed by atoms with van der Waals surface area (Å²) in [6, 6.07) is 5.76. The quantitative estimate of drug-likeness (QED) is 0.264. The number of amides is 2. The normalized spacial score (nSPS) is 19.1. The summed E-state index contributed by atoms with van der Waals surface area (Å²) in [6.07, 6.45) is 4.03. The Labute approximate surface area is 257 Å². The number of aryl methyl sites for hydroxylation is 1. The third-order valence-electron chi connectivity index (χ3n) is 7.90. The Kier molecular flexibility index (Phi) is 8.63. The number of nitrogens with zero attached hydrogens (tertiary/aromatic N) is 5. The van der Waals surface area contributed by atoms with Crippen LogP contribution in [0, 0.1) is 17.1 Å². The summed E-state index contributed by atoms with van der Waals surface area (Å²) in [7, 11) is 1.38. The van der Waals surface area contributed by atoms with Gasteiger partial charge in [-0.05, 0) is 86.3 Å². The molecule has 2 amide bonds. The summed E-state index contributed by atoms with van der Waals surface area (Å²) in [4.78, 5) is 34.1. The highest BCUT2D eigenvalue weighted by molar-refractivity contribution is 9.10. The van der Waals surface area contributed by atoms with Gasteiger partial charge >= 0.3 is 12.2 Å². The molecule has 2 atom stereocenters. The maximum atomic E-state index is 15.9. The zero-order valence-electron chi connectivity index (χ0n) is 24.5. The van der Waals surface area contributed by atoms with E-state index < -0.39 is 17.5 Å². The molecule has 3 aromatic rings. The maximum absolute atomic E-state index is 15.9. The van der Waals surface area contributed by atoms with E-state index in [0.717, 1.165) is 29.4 Å². The molecule has 4 heterocycles. The van der Waals surface area contributed by atoms with Crippen molar-refractivity contribution in [1.29, 1.82) is 5.26 Å². The number of halogens is 2. The number of thioether (sulfide) groups is 1. The first kappa shape index (κ1) is 30.4. The van der Waals surface area contributed by atoms with E-state index in [2.05, 4.69) is 32.6 Å². The van der Waals surface area contributed by atoms with Crippen LogP contribution >= 0.6 is 27.7 Å². The number of pyridine rings is 1. The van der Waals surface area contributed by atoms with Gasteiger partial charge in [-0.25, -0.2) is 19.0 Å². The first-order chi connectivity index (χ1) is 20.0. The molecule has 2 fully saturated rings. The second kappa shape index (κ2) is 11.9. The van der Waals surface area contributed by atoms with Crippen molar-refractivity contribution in [2.45, 2.75) is 75.6 Å². The number of nitriles is 1. The smallest absolute Gasteiger partial charge is 0.410 e. The largest absolute Gasteiger partial charge is 0.453 e. The fraction of sp³-hybridized carbons (Fsp3) is 0.533. The number of rotatable bonds is 5. The van der Waals surface area contributed by atoms with Crippen LogP contribution in [0.1, 0.15) is 69.8 Å². The van der Waals surface area contributed by atoms with Crippen molar-refractivity contribution in [1.82, 2.24) is 19.4 Å². The first-order valence-electron chi connectivity index (χ1n) is 14.1. The van der Waals surface area contributed by atoms with Crippen molar-refractivity contribution in [2.24, 2.45) is 0 Å². The second-order valence-corrected chi connectivity index (χ2v) is 13.3. The Morgan fingerprint density at radius 1 is 1.21 bits per heavy atom. The highest BCUT2D eigenvalue weighted by atomic mass is 79.9. The molecule has 42 heavy (non-hydrogen) atoms. The van der Waals surface area contributed by atoms with E-state index in [9.17, 15) is 14.9 Å². The number of aromatic nitrogens is 2. The number of likely N-dealkylation sites (tertiary alicyclic amines) is 2. The predicted octanol–water partition coefficient (Wildman–Crippen LogP) is 7.35. The molecule has 0 bridgehead atoms. The molecule has 2 aliphatic rings. The summed E-state index contributed by atoms with van der Waals surface area (Å²) in [6.45, 7) is 7.03. The van der Waals surface area contributed by atoms with Gasteiger partial charge in [0.1, 0.15) is 16.1 Å². The molecule has 2 unspecified atom stereocenters. The third kappa shape index (κ3) is 5.53. The molecule has 1 aromatic carbocycles. The Morgan fingerprint density at radius 3 is 2.64 bits per heavy atom. The molecular weight excluding hydrogens is 625 g/mol. The number of benzene rings is 1. The van der Waals surface area contributed by atoms with Crippen molar-refractivity contribution in [3.8, 4) is 6.07 Å². The molecule has 0 radical (unpaired) electrons. The minimum atomic E-state index is -0.620. The molecule has 0 saturated carbocycles. The Hall–Kier alpha value is -3.04. The minimum Gasteiger partial charge on any atom is -0.453 e. The molecule has 2 aromatic heterocycles. The lowest BCUT2D eigenvalue weighted by molar-refractivity contribution is 0.0289. The van der Waals surface area contributed by atoms with Crippen LogP contribution in [0.2, 0.25) is 0 Å². The van der Waals surface area contributed by atoms with Gasteiger partial charge in [0.15, 0.2) is 5.82 Å². The number of hydrogen-bond acceptors (Lipinski definition) is 7. The van der Waals surface area contributed by atoms with Gasteiger partial charge in [-0.2, -0.15) is 5.26 Å². The Bertz CT molecular complexity index is 1600. The average Bonchev–Trinajstić information content (AvgIpc) is 3.70. The van der Waals surface area contributed by atoms with Gasteiger partial charge in [-0.15, -0.1) is 11.8 Å². The van der Waals surface area contributed by atoms with E-state index in [4.69, 9.17) is 14.5 Å². The molecule has 0 spiro atoms. The zero-order valence-corrected chi connectivity index (χ0v) is 26.9. The molecule has 2 aliphatic heterocycles. The van der Waals surface area contributed by atoms with E-state index in [0.29, 0.717) is 52.9 Å². The Morgan fingerprint density at radius 2 is 1.98 bits per heavy atom. The molecule has 2 saturated heterocycles. The number of carbonyl (C=O) groups excluding carboxylic acids is 2. The summed E-state index contributed by atoms with van der Waals surface area (Å²) in [5, 5.41) is 11.4. The molecule has 224 valence electrons. The lowest BCUT2D eigenvalue weighted by atomic mass is 10.0. The van der Waals surface area contributed by atoms with Gasteiger partial charge in [0.05, 0.1) is 35.3 Å². The molecule has 5 rings (SSSR count). The van der Waals surface area contributed by atoms with E-state index in [-0.39, 0.29) is 30.1 Å². The van der Waals surface area contributed by atoms with Gasteiger partial charge in [0, 0.05) is 42.5 Å². The lowest BCUT2D eigenvalue weighted by Gasteiger charge is -2.28. The summed E-state index contributed by atoms with van der Waals surface area (Å²) < 4.78 is 29.3. The number of hydrogen-bond donors (Lipinski definition) is 0. The van der Waals surface area contributed by atoms with E-state index in [1.807, 2.05) is 33.1 Å². The van der Waals surface area contributed by atoms with Gasteiger partial charge in [-0.1, -0.05) is 0 Å². The molecule has 0 aliphatic carbocycles. The van der Waals surface area contributed by atoms with Crippen LogP contribution in [-0.2, 0) is 15.9 Å².